The van der Waals surface area contributed by atoms with Crippen molar-refractivity contribution >= 4 is 15.2 Å². The van der Waals surface area contributed by atoms with Crippen molar-refractivity contribution in [3.05, 3.63) is 0 Å². The van der Waals surface area contributed by atoms with Gasteiger partial charge in [-0.25, -0.2) is 0 Å². The maximum atomic E-state index is 1.79. The van der Waals surface area contributed by atoms with E-state index >= 15 is 0 Å². The van der Waals surface area contributed by atoms with Gasteiger partial charge in [-0.2, -0.15) is 0 Å². The van der Waals surface area contributed by atoms with E-state index in [1.165, 1.54) is 0 Å². The molecule has 3 aliphatic heterocycles. The molecule has 0 saturated carbocycles. The van der Waals surface area contributed by atoms with E-state index in [1.807, 2.05) is 0 Å². The molecule has 0 aromatic rings. The topological polar surface area (TPSA) is 0 Å². The van der Waals surface area contributed by atoms with Crippen molar-refractivity contribution in [2.45, 2.75) is 55.5 Å². The Balaban J connectivity index is 2.06. The van der Waals surface area contributed by atoms with Crippen LogP contribution in [-0.2, 0) is 0 Å². The molecule has 0 aromatic carbocycles. The smallest absolute Gasteiger partial charge is 0.0478 e. The Hall–Kier alpha value is 0.434. The van der Waals surface area contributed by atoms with Crippen molar-refractivity contribution in [2.24, 2.45) is 0 Å². The Bertz CT molecular complexity index is 141. The lowest BCUT2D eigenvalue weighted by molar-refractivity contribution is 0.918. The van der Waals surface area contributed by atoms with Gasteiger partial charge in [-0.05, 0) is 0 Å². The van der Waals surface area contributed by atoms with Crippen molar-refractivity contribution in [2.75, 3.05) is 0 Å². The van der Waals surface area contributed by atoms with E-state index in [0.717, 1.165) is 0 Å². The summed E-state index contributed by atoms with van der Waals surface area (Å²) in [5.74, 6) is 0. The lowest BCUT2D eigenvalue weighted by Crippen LogP contribution is -2.49. The fourth-order valence-electron chi connectivity index (χ4n) is 4.64. The molecule has 0 aliphatic carbocycles. The quantitative estimate of drug-likeness (QED) is 0.505. The minimum Gasteiger partial charge on any atom is -0.0593 e. The lowest BCUT2D eigenvalue weighted by atomic mass is 10.5. The minimum atomic E-state index is -0.447. The Labute approximate surface area is 71.2 Å². The predicted octanol–water partition coefficient (Wildman–Crippen LogP) is 3.17. The molecular weight excluding hydrogens is 164 g/mol. The summed E-state index contributed by atoms with van der Waals surface area (Å²) in [4.78, 5) is 0. The average molecular weight is 182 g/mol. The molecule has 0 nitrogen and oxygen atoms in total. The first-order valence-electron chi connectivity index (χ1n) is 5.37. The van der Waals surface area contributed by atoms with Crippen LogP contribution in [0.25, 0.3) is 0 Å². The van der Waals surface area contributed by atoms with Crippen molar-refractivity contribution in [3.63, 3.8) is 0 Å². The Morgan fingerprint density at radius 2 is 0.727 bits per heavy atom. The van der Waals surface area contributed by atoms with Gasteiger partial charge in [0.1, 0.15) is 0 Å². The molecule has 11 heavy (non-hydrogen) atoms. The summed E-state index contributed by atoms with van der Waals surface area (Å²) in [5.41, 5.74) is 0. The summed E-state index contributed by atoms with van der Waals surface area (Å²) >= 11 is 0. The number of hydrogen-bond acceptors (Lipinski definition) is 0. The zero-order chi connectivity index (χ0) is 7.36. The standard InChI is InChI=1S/C9H18Si2/c1-4-10-6-2-7-11(10,5-1)9-3-8-10/h1-9H2. The summed E-state index contributed by atoms with van der Waals surface area (Å²) < 4.78 is 0. The first-order chi connectivity index (χ1) is 5.37. The second-order valence-electron chi connectivity index (χ2n) is 5.12. The van der Waals surface area contributed by atoms with Gasteiger partial charge < -0.3 is 0 Å². The number of hydrogen-bond donors (Lipinski definition) is 0. The molecular formula is C9H18Si2. The van der Waals surface area contributed by atoms with Crippen LogP contribution in [0.3, 0.4) is 0 Å². The highest BCUT2D eigenvalue weighted by atomic mass is 29.3. The lowest BCUT2D eigenvalue weighted by Gasteiger charge is -2.29. The van der Waals surface area contributed by atoms with E-state index in [0.29, 0.717) is 0 Å². The van der Waals surface area contributed by atoms with Gasteiger partial charge in [-0.3, -0.25) is 0 Å². The van der Waals surface area contributed by atoms with Gasteiger partial charge in [0.15, 0.2) is 0 Å². The van der Waals surface area contributed by atoms with Gasteiger partial charge in [0.25, 0.3) is 0 Å². The highest BCUT2D eigenvalue weighted by molar-refractivity contribution is 7.45. The van der Waals surface area contributed by atoms with Crippen molar-refractivity contribution in [3.8, 4) is 0 Å². The van der Waals surface area contributed by atoms with E-state index < -0.39 is 15.2 Å². The Kier molecular flexibility index (Phi) is 1.27. The molecule has 62 valence electrons. The van der Waals surface area contributed by atoms with Gasteiger partial charge in [0.05, 0.1) is 0 Å². The van der Waals surface area contributed by atoms with Gasteiger partial charge in [0, 0.05) is 15.2 Å². The summed E-state index contributed by atoms with van der Waals surface area (Å²) in [6, 6.07) is 10.7. The molecule has 3 rings (SSSR count). The van der Waals surface area contributed by atoms with Crippen LogP contribution in [0.1, 0.15) is 19.3 Å². The summed E-state index contributed by atoms with van der Waals surface area (Å²) in [6.07, 6.45) is 5.04. The first kappa shape index (κ1) is 6.90. The van der Waals surface area contributed by atoms with Crippen molar-refractivity contribution < 1.29 is 0 Å². The van der Waals surface area contributed by atoms with Crippen LogP contribution in [0.15, 0.2) is 0 Å². The normalized spacial score (nSPS) is 54.5. The number of rotatable bonds is 0. The van der Waals surface area contributed by atoms with Crippen LogP contribution in [0.2, 0.25) is 36.3 Å². The molecule has 0 atom stereocenters. The highest BCUT2D eigenvalue weighted by Crippen LogP contribution is 2.58. The van der Waals surface area contributed by atoms with E-state index in [-0.39, 0.29) is 0 Å². The van der Waals surface area contributed by atoms with Crippen LogP contribution in [0.5, 0.6) is 0 Å². The fourth-order valence-corrected chi connectivity index (χ4v) is 28.2. The second kappa shape index (κ2) is 2.02. The third-order valence-electron chi connectivity index (χ3n) is 5.06. The molecule has 0 spiro atoms. The SMILES string of the molecule is C1C[Si]23CCC[Si]2(C1)CCC3. The van der Waals surface area contributed by atoms with Gasteiger partial charge in [0.2, 0.25) is 0 Å². The molecule has 3 aliphatic rings. The highest BCUT2D eigenvalue weighted by Gasteiger charge is 2.62. The van der Waals surface area contributed by atoms with Crippen molar-refractivity contribution in [1.82, 2.24) is 0 Å². The average Bonchev–Trinajstić information content (AvgIpc) is 2.40. The predicted molar refractivity (Wildman–Crippen MR) is 54.2 cm³/mol. The van der Waals surface area contributed by atoms with Crippen LogP contribution in [0, 0.1) is 0 Å². The molecule has 0 bridgehead atoms. The molecule has 0 amide bonds. The molecule has 3 saturated heterocycles. The van der Waals surface area contributed by atoms with Gasteiger partial charge in [-0.15, -0.1) is 0 Å². The molecule has 3 fully saturated rings. The van der Waals surface area contributed by atoms with Crippen LogP contribution in [-0.4, -0.2) is 15.2 Å². The molecule has 0 aromatic heterocycles. The van der Waals surface area contributed by atoms with E-state index in [2.05, 4.69) is 0 Å². The maximum Gasteiger partial charge on any atom is 0.0478 e. The molecule has 0 N–H and O–H groups in total. The summed E-state index contributed by atoms with van der Waals surface area (Å²) in [7, 11) is -0.894. The monoisotopic (exact) mass is 182 g/mol. The fraction of sp³-hybridized carbons (Fsp3) is 1.00. The van der Waals surface area contributed by atoms with Crippen LogP contribution >= 0.6 is 0 Å². The van der Waals surface area contributed by atoms with Gasteiger partial charge in [-0.1, -0.05) is 55.5 Å². The minimum absolute atomic E-state index is 0.447. The second-order valence-corrected chi connectivity index (χ2v) is 19.6. The van der Waals surface area contributed by atoms with E-state index in [9.17, 15) is 0 Å². The summed E-state index contributed by atoms with van der Waals surface area (Å²) in [6.45, 7) is 0. The maximum absolute atomic E-state index is 1.79. The van der Waals surface area contributed by atoms with E-state index in [1.54, 1.807) is 55.5 Å². The first-order valence-corrected chi connectivity index (χ1v) is 11.6. The van der Waals surface area contributed by atoms with Crippen molar-refractivity contribution in [1.29, 1.82) is 0 Å². The molecule has 3 heterocycles. The molecule has 2 heteroatoms. The van der Waals surface area contributed by atoms with Gasteiger partial charge >= 0.3 is 0 Å². The zero-order valence-electron chi connectivity index (χ0n) is 7.36. The third kappa shape index (κ3) is 0.664. The third-order valence-corrected chi connectivity index (χ3v) is 26.4. The molecule has 0 unspecified atom stereocenters. The zero-order valence-corrected chi connectivity index (χ0v) is 9.36. The summed E-state index contributed by atoms with van der Waals surface area (Å²) in [5, 5.41) is 0. The van der Waals surface area contributed by atoms with Crippen LogP contribution < -0.4 is 0 Å². The van der Waals surface area contributed by atoms with Crippen LogP contribution in [0.4, 0.5) is 0 Å². The largest absolute Gasteiger partial charge is 0.0593 e. The molecule has 0 radical (unpaired) electrons. The van der Waals surface area contributed by atoms with E-state index in [4.69, 9.17) is 0 Å². The Morgan fingerprint density at radius 1 is 0.455 bits per heavy atom. The Morgan fingerprint density at radius 3 is 1.00 bits per heavy atom.